The minimum Gasteiger partial charge on any atom is -0.458 e. The first-order chi connectivity index (χ1) is 40.7. The van der Waals surface area contributed by atoms with Crippen LogP contribution in [0.1, 0.15) is 27.8 Å². The number of aryl methyl sites for hydroxylation is 5. The zero-order valence-corrected chi connectivity index (χ0v) is 47.0. The molecule has 0 unspecified atom stereocenters. The molecular weight excluding hydrogens is 1010 g/mol. The molecule has 12 aromatic carbocycles. The van der Waals surface area contributed by atoms with Gasteiger partial charge in [-0.05, 0) is 176 Å². The van der Waals surface area contributed by atoms with E-state index >= 15 is 0 Å². The summed E-state index contributed by atoms with van der Waals surface area (Å²) >= 11 is 0. The van der Waals surface area contributed by atoms with Crippen molar-refractivity contribution in [1.82, 2.24) is 0 Å². The average Bonchev–Trinajstić information content (AvgIpc) is 3.66. The summed E-state index contributed by atoms with van der Waals surface area (Å²) in [6.45, 7) is 10.8. The molecule has 83 heavy (non-hydrogen) atoms. The maximum atomic E-state index is 6.94. The lowest BCUT2D eigenvalue weighted by atomic mass is 9.34. The standard InChI is InChI=1S/C39H29BO2.C38H27BO2/c1-24-11-4-7-14-29(24)27-19-20-35-34(21-27)40-33-18-10-17-32(31-16-9-6-13-26(31)3)39(33)42-37-23-28(22-36(41-35)38(37)40)30-15-8-5-12-25(30)2;1-24-11-6-8-15-29(24)28-22-35-37-36(23-28)41-38-31(30-16-9-7-12-25(30)2)17-10-18-32(38)39(37)33-21-27(19-20-34(33)40-35)26-13-4-3-5-14-26/h4-23H,1-3H3;3-23H,1-2H3. The summed E-state index contributed by atoms with van der Waals surface area (Å²) in [4.78, 5) is 0. The minimum absolute atomic E-state index is 0.00829. The molecule has 0 amide bonds. The van der Waals surface area contributed by atoms with Crippen molar-refractivity contribution in [1.29, 1.82) is 0 Å². The molecule has 0 aliphatic carbocycles. The fourth-order valence-electron chi connectivity index (χ4n) is 13.2. The van der Waals surface area contributed by atoms with Gasteiger partial charge < -0.3 is 18.9 Å². The Hall–Kier alpha value is -10.0. The minimum atomic E-state index is -0.0126. The van der Waals surface area contributed by atoms with Crippen LogP contribution in [0, 0.1) is 34.6 Å². The predicted octanol–water partition coefficient (Wildman–Crippen LogP) is 16.4. The van der Waals surface area contributed by atoms with Crippen LogP contribution in [0.25, 0.3) is 66.8 Å². The van der Waals surface area contributed by atoms with E-state index in [1.807, 2.05) is 0 Å². The highest BCUT2D eigenvalue weighted by molar-refractivity contribution is 6.99. The molecule has 12 aromatic rings. The van der Waals surface area contributed by atoms with Gasteiger partial charge in [0.05, 0.1) is 0 Å². The third-order valence-electron chi connectivity index (χ3n) is 17.3. The SMILES string of the molecule is Cc1ccccc1-c1cc2c3c(c1)Oc1c(cccc1-c1ccccc1C)B3c1cc(-c3ccccc3)ccc1O2.Cc1ccccc1-c1cc2c3c(c1)Oc1c(cccc1-c1ccccc1C)B3c1cc(-c3ccccc3C)ccc1O2. The third kappa shape index (κ3) is 8.55. The van der Waals surface area contributed by atoms with E-state index in [9.17, 15) is 0 Å². The fraction of sp³-hybridized carbons (Fsp3) is 0.0649. The number of rotatable bonds is 6. The summed E-state index contributed by atoms with van der Waals surface area (Å²) in [7, 11) is 0. The Morgan fingerprint density at radius 3 is 0.976 bits per heavy atom. The molecule has 0 fully saturated rings. The van der Waals surface area contributed by atoms with Crippen molar-refractivity contribution in [2.45, 2.75) is 34.6 Å². The van der Waals surface area contributed by atoms with Gasteiger partial charge in [0.25, 0.3) is 13.4 Å². The van der Waals surface area contributed by atoms with Crippen LogP contribution in [0.3, 0.4) is 0 Å². The van der Waals surface area contributed by atoms with E-state index < -0.39 is 0 Å². The second-order valence-corrected chi connectivity index (χ2v) is 22.4. The van der Waals surface area contributed by atoms with Crippen molar-refractivity contribution in [3.8, 4) is 113 Å². The maximum Gasteiger partial charge on any atom is 0.260 e. The lowest BCUT2D eigenvalue weighted by Crippen LogP contribution is -2.57. The van der Waals surface area contributed by atoms with Crippen molar-refractivity contribution in [2.75, 3.05) is 0 Å². The third-order valence-corrected chi connectivity index (χ3v) is 17.3. The van der Waals surface area contributed by atoms with Gasteiger partial charge in [-0.25, -0.2) is 0 Å². The van der Waals surface area contributed by atoms with Gasteiger partial charge >= 0.3 is 0 Å². The van der Waals surface area contributed by atoms with Crippen molar-refractivity contribution in [3.63, 3.8) is 0 Å². The lowest BCUT2D eigenvalue weighted by molar-refractivity contribution is 0.465. The van der Waals surface area contributed by atoms with Crippen molar-refractivity contribution >= 4 is 46.2 Å². The first-order valence-electron chi connectivity index (χ1n) is 28.7. The Morgan fingerprint density at radius 1 is 0.217 bits per heavy atom. The highest BCUT2D eigenvalue weighted by atomic mass is 16.5. The summed E-state index contributed by atoms with van der Waals surface area (Å²) in [5.41, 5.74) is 26.9. The average molecular weight is 1070 g/mol. The molecule has 4 heterocycles. The van der Waals surface area contributed by atoms with Gasteiger partial charge in [-0.1, -0.05) is 212 Å². The van der Waals surface area contributed by atoms with Crippen LogP contribution in [0.2, 0.25) is 0 Å². The van der Waals surface area contributed by atoms with E-state index in [1.165, 1.54) is 83.3 Å². The van der Waals surface area contributed by atoms with Crippen molar-refractivity contribution < 1.29 is 18.9 Å². The van der Waals surface area contributed by atoms with Crippen LogP contribution in [0.4, 0.5) is 0 Å². The summed E-state index contributed by atoms with van der Waals surface area (Å²) in [6, 6.07) is 88.3. The predicted molar refractivity (Wildman–Crippen MR) is 345 cm³/mol. The van der Waals surface area contributed by atoms with Gasteiger partial charge in [-0.2, -0.15) is 0 Å². The fourth-order valence-corrected chi connectivity index (χ4v) is 13.2. The quantitative estimate of drug-likeness (QED) is 0.156. The van der Waals surface area contributed by atoms with E-state index in [2.05, 4.69) is 283 Å². The van der Waals surface area contributed by atoms with Crippen LogP contribution in [-0.4, -0.2) is 13.4 Å². The Balaban J connectivity index is 0.000000142. The first kappa shape index (κ1) is 50.0. The molecule has 0 saturated heterocycles. The number of hydrogen-bond acceptors (Lipinski definition) is 4. The topological polar surface area (TPSA) is 36.9 Å². The van der Waals surface area contributed by atoms with E-state index in [1.54, 1.807) is 0 Å². The van der Waals surface area contributed by atoms with E-state index in [-0.39, 0.29) is 13.4 Å². The number of ether oxygens (including phenoxy) is 4. The van der Waals surface area contributed by atoms with Crippen molar-refractivity contribution in [3.05, 3.63) is 277 Å². The molecule has 4 aliphatic rings. The molecule has 0 radical (unpaired) electrons. The highest BCUT2D eigenvalue weighted by Gasteiger charge is 2.43. The van der Waals surface area contributed by atoms with Gasteiger partial charge in [0.1, 0.15) is 46.0 Å². The van der Waals surface area contributed by atoms with Crippen LogP contribution in [0.15, 0.2) is 249 Å². The smallest absolute Gasteiger partial charge is 0.260 e. The van der Waals surface area contributed by atoms with Gasteiger partial charge in [0, 0.05) is 22.1 Å². The summed E-state index contributed by atoms with van der Waals surface area (Å²) in [6.07, 6.45) is 0. The molecular formula is C77H56B2O4. The van der Waals surface area contributed by atoms with Crippen LogP contribution >= 0.6 is 0 Å². The Labute approximate surface area is 486 Å². The molecule has 0 bridgehead atoms. The van der Waals surface area contributed by atoms with Gasteiger partial charge in [-0.3, -0.25) is 0 Å². The normalized spacial score (nSPS) is 12.5. The molecule has 394 valence electrons. The highest BCUT2D eigenvalue weighted by Crippen LogP contribution is 2.45. The van der Waals surface area contributed by atoms with E-state index in [0.29, 0.717) is 0 Å². The van der Waals surface area contributed by atoms with Gasteiger partial charge in [0.2, 0.25) is 0 Å². The lowest BCUT2D eigenvalue weighted by Gasteiger charge is -2.34. The second-order valence-electron chi connectivity index (χ2n) is 22.4. The van der Waals surface area contributed by atoms with Crippen LogP contribution in [-0.2, 0) is 0 Å². The molecule has 0 saturated carbocycles. The Morgan fingerprint density at radius 2 is 0.554 bits per heavy atom. The van der Waals surface area contributed by atoms with Crippen molar-refractivity contribution in [2.24, 2.45) is 0 Å². The van der Waals surface area contributed by atoms with Crippen LogP contribution in [0.5, 0.6) is 46.0 Å². The molecule has 4 aliphatic heterocycles. The largest absolute Gasteiger partial charge is 0.458 e. The zero-order valence-electron chi connectivity index (χ0n) is 47.0. The van der Waals surface area contributed by atoms with E-state index in [4.69, 9.17) is 18.9 Å². The number of benzene rings is 12. The van der Waals surface area contributed by atoms with E-state index in [0.717, 1.165) is 90.1 Å². The zero-order chi connectivity index (χ0) is 55.9. The molecule has 0 N–H and O–H groups in total. The molecule has 6 heteroatoms. The Bertz CT molecular complexity index is 4600. The second kappa shape index (κ2) is 20.2. The summed E-state index contributed by atoms with van der Waals surface area (Å²) in [5.74, 6) is 7.07. The monoisotopic (exact) mass is 1070 g/mol. The number of fused-ring (bicyclic) bond motifs is 8. The summed E-state index contributed by atoms with van der Waals surface area (Å²) < 4.78 is 27.3. The maximum absolute atomic E-state index is 6.94. The number of para-hydroxylation sites is 2. The van der Waals surface area contributed by atoms with Crippen LogP contribution < -0.4 is 51.7 Å². The molecule has 0 aromatic heterocycles. The Kier molecular flexibility index (Phi) is 12.2. The number of hydrogen-bond donors (Lipinski definition) is 0. The summed E-state index contributed by atoms with van der Waals surface area (Å²) in [5, 5.41) is 0. The molecule has 16 rings (SSSR count). The molecule has 0 atom stereocenters. The molecule has 4 nitrogen and oxygen atoms in total. The first-order valence-corrected chi connectivity index (χ1v) is 28.7. The molecule has 0 spiro atoms. The van der Waals surface area contributed by atoms with Gasteiger partial charge in [0.15, 0.2) is 0 Å². The van der Waals surface area contributed by atoms with Gasteiger partial charge in [-0.15, -0.1) is 0 Å².